The molecule has 0 aromatic carbocycles. The van der Waals surface area contributed by atoms with Gasteiger partial charge >= 0.3 is 0 Å². The first-order chi connectivity index (χ1) is 6.68. The molecular formula is C12H24N2. The van der Waals surface area contributed by atoms with Gasteiger partial charge < -0.3 is 5.73 Å². The number of hydrogen-bond acceptors (Lipinski definition) is 2. The highest BCUT2D eigenvalue weighted by molar-refractivity contribution is 4.91. The van der Waals surface area contributed by atoms with Crippen molar-refractivity contribution in [3.63, 3.8) is 0 Å². The summed E-state index contributed by atoms with van der Waals surface area (Å²) in [5.74, 6) is 0.877. The zero-order valence-electron chi connectivity index (χ0n) is 9.58. The maximum atomic E-state index is 6.22. The van der Waals surface area contributed by atoms with Crippen LogP contribution in [0.25, 0.3) is 0 Å². The molecule has 3 unspecified atom stereocenters. The minimum atomic E-state index is 0.428. The molecule has 2 nitrogen and oxygen atoms in total. The summed E-state index contributed by atoms with van der Waals surface area (Å²) in [4.78, 5) is 2.57. The van der Waals surface area contributed by atoms with Crippen molar-refractivity contribution in [3.8, 4) is 0 Å². The van der Waals surface area contributed by atoms with Crippen LogP contribution in [0.1, 0.15) is 45.4 Å². The highest BCUT2D eigenvalue weighted by Gasteiger charge is 2.34. The third-order valence-electron chi connectivity index (χ3n) is 4.30. The number of nitrogens with two attached hydrogens (primary N) is 1. The van der Waals surface area contributed by atoms with E-state index in [4.69, 9.17) is 5.73 Å². The van der Waals surface area contributed by atoms with E-state index in [0.717, 1.165) is 12.0 Å². The van der Waals surface area contributed by atoms with Crippen LogP contribution in [0.3, 0.4) is 0 Å². The average molecular weight is 196 g/mol. The van der Waals surface area contributed by atoms with Gasteiger partial charge in [-0.15, -0.1) is 0 Å². The molecule has 0 bridgehead atoms. The van der Waals surface area contributed by atoms with Crippen molar-refractivity contribution in [3.05, 3.63) is 0 Å². The molecule has 0 aromatic heterocycles. The van der Waals surface area contributed by atoms with Crippen molar-refractivity contribution in [2.45, 2.75) is 63.6 Å². The van der Waals surface area contributed by atoms with Crippen molar-refractivity contribution < 1.29 is 0 Å². The molecule has 0 aliphatic heterocycles. The Bertz CT molecular complexity index is 189. The van der Waals surface area contributed by atoms with E-state index in [1.54, 1.807) is 0 Å². The molecule has 2 rings (SSSR count). The van der Waals surface area contributed by atoms with Gasteiger partial charge in [-0.3, -0.25) is 4.90 Å². The third-order valence-corrected chi connectivity index (χ3v) is 4.30. The first kappa shape index (κ1) is 10.4. The van der Waals surface area contributed by atoms with Crippen LogP contribution < -0.4 is 5.73 Å². The van der Waals surface area contributed by atoms with Crippen molar-refractivity contribution in [2.75, 3.05) is 7.05 Å². The summed E-state index contributed by atoms with van der Waals surface area (Å²) in [5, 5.41) is 0. The summed E-state index contributed by atoms with van der Waals surface area (Å²) in [7, 11) is 2.28. The van der Waals surface area contributed by atoms with Crippen LogP contribution in [0.4, 0.5) is 0 Å². The lowest BCUT2D eigenvalue weighted by Crippen LogP contribution is -2.54. The molecule has 0 radical (unpaired) electrons. The Morgan fingerprint density at radius 3 is 2.43 bits per heavy atom. The summed E-state index contributed by atoms with van der Waals surface area (Å²) in [6.07, 6.45) is 8.09. The van der Waals surface area contributed by atoms with Crippen LogP contribution in [-0.4, -0.2) is 30.1 Å². The summed E-state index contributed by atoms with van der Waals surface area (Å²) in [6.45, 7) is 2.37. The van der Waals surface area contributed by atoms with Crippen molar-refractivity contribution in [1.29, 1.82) is 0 Å². The zero-order chi connectivity index (χ0) is 10.1. The van der Waals surface area contributed by atoms with Gasteiger partial charge in [-0.05, 0) is 45.1 Å². The molecule has 3 atom stereocenters. The molecule has 82 valence electrons. The monoisotopic (exact) mass is 196 g/mol. The third kappa shape index (κ3) is 1.96. The van der Waals surface area contributed by atoms with Crippen molar-refractivity contribution in [2.24, 2.45) is 11.7 Å². The van der Waals surface area contributed by atoms with Gasteiger partial charge in [0.2, 0.25) is 0 Å². The molecule has 0 amide bonds. The smallest absolute Gasteiger partial charge is 0.0249 e. The van der Waals surface area contributed by atoms with E-state index in [1.165, 1.54) is 38.5 Å². The van der Waals surface area contributed by atoms with Crippen LogP contribution in [-0.2, 0) is 0 Å². The van der Waals surface area contributed by atoms with E-state index in [-0.39, 0.29) is 0 Å². The first-order valence-corrected chi connectivity index (χ1v) is 6.16. The van der Waals surface area contributed by atoms with Gasteiger partial charge in [0.1, 0.15) is 0 Å². The Morgan fingerprint density at radius 1 is 1.14 bits per heavy atom. The number of rotatable bonds is 2. The molecule has 14 heavy (non-hydrogen) atoms. The van der Waals surface area contributed by atoms with Crippen LogP contribution in [0.2, 0.25) is 0 Å². The molecule has 0 spiro atoms. The van der Waals surface area contributed by atoms with Crippen LogP contribution >= 0.6 is 0 Å². The Balaban J connectivity index is 1.92. The van der Waals surface area contributed by atoms with Gasteiger partial charge in [-0.2, -0.15) is 0 Å². The first-order valence-electron chi connectivity index (χ1n) is 6.16. The lowest BCUT2D eigenvalue weighted by Gasteiger charge is -2.45. The molecule has 2 N–H and O–H groups in total. The molecule has 0 heterocycles. The predicted molar refractivity (Wildman–Crippen MR) is 60.2 cm³/mol. The fourth-order valence-corrected chi connectivity index (χ4v) is 2.91. The molecule has 0 aromatic rings. The van der Waals surface area contributed by atoms with Crippen molar-refractivity contribution >= 4 is 0 Å². The van der Waals surface area contributed by atoms with Gasteiger partial charge in [0.15, 0.2) is 0 Å². The summed E-state index contributed by atoms with van der Waals surface area (Å²) < 4.78 is 0. The lowest BCUT2D eigenvalue weighted by atomic mass is 9.81. The molecule has 0 saturated heterocycles. The number of hydrogen-bond donors (Lipinski definition) is 1. The van der Waals surface area contributed by atoms with Crippen LogP contribution in [0, 0.1) is 5.92 Å². The quantitative estimate of drug-likeness (QED) is 0.732. The topological polar surface area (TPSA) is 29.3 Å². The Morgan fingerprint density at radius 2 is 1.86 bits per heavy atom. The zero-order valence-corrected chi connectivity index (χ0v) is 9.58. The normalized spacial score (nSPS) is 39.9. The Labute approximate surface area is 87.8 Å². The minimum Gasteiger partial charge on any atom is -0.326 e. The summed E-state index contributed by atoms with van der Waals surface area (Å²) >= 11 is 0. The van der Waals surface area contributed by atoms with Gasteiger partial charge in [0.25, 0.3) is 0 Å². The maximum Gasteiger partial charge on any atom is 0.0249 e. The highest BCUT2D eigenvalue weighted by Crippen LogP contribution is 2.32. The fraction of sp³-hybridized carbons (Fsp3) is 1.00. The Hall–Kier alpha value is -0.0800. The molecule has 2 aliphatic carbocycles. The molecule has 2 saturated carbocycles. The molecule has 2 heteroatoms. The largest absolute Gasteiger partial charge is 0.326 e. The molecule has 2 fully saturated rings. The highest BCUT2D eigenvalue weighted by atomic mass is 15.2. The van der Waals surface area contributed by atoms with E-state index >= 15 is 0 Å². The maximum absolute atomic E-state index is 6.22. The average Bonchev–Trinajstić information content (AvgIpc) is 2.06. The second-order valence-electron chi connectivity index (χ2n) is 5.40. The summed E-state index contributed by atoms with van der Waals surface area (Å²) in [6, 6.07) is 1.93. The van der Waals surface area contributed by atoms with E-state index in [9.17, 15) is 0 Å². The second-order valence-corrected chi connectivity index (χ2v) is 5.40. The van der Waals surface area contributed by atoms with Gasteiger partial charge in [0, 0.05) is 18.1 Å². The number of likely N-dealkylation sites (N-methyl/N-ethyl adjacent to an activating group) is 1. The standard InChI is InChI=1S/C12H24N2/c1-9-6-7-11(13)12(8-9)14(2)10-4-3-5-10/h9-12H,3-8,13H2,1-2H3. The Kier molecular flexibility index (Phi) is 3.13. The van der Waals surface area contributed by atoms with Crippen LogP contribution in [0.15, 0.2) is 0 Å². The molecular weight excluding hydrogens is 172 g/mol. The van der Waals surface area contributed by atoms with Crippen molar-refractivity contribution in [1.82, 2.24) is 4.90 Å². The second kappa shape index (κ2) is 4.19. The lowest BCUT2D eigenvalue weighted by molar-refractivity contribution is 0.0633. The van der Waals surface area contributed by atoms with E-state index < -0.39 is 0 Å². The minimum absolute atomic E-state index is 0.428. The number of nitrogens with zero attached hydrogens (tertiary/aromatic N) is 1. The summed E-state index contributed by atoms with van der Waals surface area (Å²) in [5.41, 5.74) is 6.22. The molecule has 2 aliphatic rings. The van der Waals surface area contributed by atoms with Crippen LogP contribution in [0.5, 0.6) is 0 Å². The van der Waals surface area contributed by atoms with Gasteiger partial charge in [0.05, 0.1) is 0 Å². The van der Waals surface area contributed by atoms with Gasteiger partial charge in [-0.25, -0.2) is 0 Å². The van der Waals surface area contributed by atoms with E-state index in [0.29, 0.717) is 12.1 Å². The van der Waals surface area contributed by atoms with E-state index in [2.05, 4.69) is 18.9 Å². The van der Waals surface area contributed by atoms with Gasteiger partial charge in [-0.1, -0.05) is 13.3 Å². The van der Waals surface area contributed by atoms with E-state index in [1.807, 2.05) is 0 Å². The fourth-order valence-electron chi connectivity index (χ4n) is 2.91. The SMILES string of the molecule is CC1CCC(N)C(N(C)C2CCC2)C1. The predicted octanol–water partition coefficient (Wildman–Crippen LogP) is 1.99.